The molecule has 0 bridgehead atoms. The fraction of sp³-hybridized carbons (Fsp3) is 0.833. The lowest BCUT2D eigenvalue weighted by Gasteiger charge is -2.26. The van der Waals surface area contributed by atoms with Crippen LogP contribution in [0.15, 0.2) is 10.9 Å². The molecule has 1 aliphatic heterocycles. The van der Waals surface area contributed by atoms with Crippen molar-refractivity contribution in [1.82, 2.24) is 20.8 Å². The van der Waals surface area contributed by atoms with Gasteiger partial charge in [-0.15, -0.1) is 0 Å². The van der Waals surface area contributed by atoms with Crippen LogP contribution in [0.5, 0.6) is 0 Å². The summed E-state index contributed by atoms with van der Waals surface area (Å²) >= 11 is 0. The van der Waals surface area contributed by atoms with Crippen LogP contribution in [0.2, 0.25) is 0 Å². The molecule has 3 atom stereocenters. The van der Waals surface area contributed by atoms with E-state index in [2.05, 4.69) is 20.8 Å². The topological polar surface area (TPSA) is 63.0 Å². The normalized spacial score (nSPS) is 33.3. The first kappa shape index (κ1) is 11.2. The fourth-order valence-corrected chi connectivity index (χ4v) is 3.29. The van der Waals surface area contributed by atoms with Crippen LogP contribution in [-0.4, -0.2) is 28.8 Å². The molecule has 17 heavy (non-hydrogen) atoms. The number of nitrogens with zero attached hydrogens (tertiary/aromatic N) is 2. The maximum atomic E-state index is 4.74. The van der Waals surface area contributed by atoms with Crippen molar-refractivity contribution in [2.45, 2.75) is 50.7 Å². The molecular weight excluding hydrogens is 216 g/mol. The van der Waals surface area contributed by atoms with E-state index in [1.54, 1.807) is 0 Å². The summed E-state index contributed by atoms with van der Waals surface area (Å²) in [4.78, 5) is 4.04. The van der Waals surface area contributed by atoms with Crippen molar-refractivity contribution in [2.75, 3.05) is 6.54 Å². The zero-order valence-electron chi connectivity index (χ0n) is 10.1. The third kappa shape index (κ3) is 2.50. The average Bonchev–Trinajstić information content (AvgIpc) is 3.09. The van der Waals surface area contributed by atoms with Gasteiger partial charge >= 0.3 is 0 Å². The first-order valence-electron chi connectivity index (χ1n) is 6.65. The van der Waals surface area contributed by atoms with Gasteiger partial charge in [0.15, 0.2) is 5.82 Å². The highest BCUT2D eigenvalue weighted by atomic mass is 16.5. The quantitative estimate of drug-likeness (QED) is 0.819. The number of rotatable bonds is 4. The SMILES string of the molecule is c1nc(CNC2CCCC2C2CCCN2)no1. The average molecular weight is 236 g/mol. The molecular formula is C12H20N4O. The van der Waals surface area contributed by atoms with Gasteiger partial charge in [0.05, 0.1) is 6.54 Å². The molecule has 5 nitrogen and oxygen atoms in total. The molecule has 0 amide bonds. The van der Waals surface area contributed by atoms with Gasteiger partial charge in [-0.2, -0.15) is 4.98 Å². The molecule has 0 aromatic carbocycles. The molecule has 1 saturated heterocycles. The smallest absolute Gasteiger partial charge is 0.213 e. The highest BCUT2D eigenvalue weighted by Gasteiger charge is 2.34. The molecule has 94 valence electrons. The minimum absolute atomic E-state index is 0.615. The van der Waals surface area contributed by atoms with Crippen molar-refractivity contribution in [3.63, 3.8) is 0 Å². The van der Waals surface area contributed by atoms with E-state index in [-0.39, 0.29) is 0 Å². The van der Waals surface area contributed by atoms with Crippen molar-refractivity contribution in [1.29, 1.82) is 0 Å². The Kier molecular flexibility index (Phi) is 3.38. The molecule has 1 aromatic heterocycles. The van der Waals surface area contributed by atoms with Gasteiger partial charge in [0.1, 0.15) is 0 Å². The summed E-state index contributed by atoms with van der Waals surface area (Å²) in [6, 6.07) is 1.34. The summed E-state index contributed by atoms with van der Waals surface area (Å²) in [6.45, 7) is 1.92. The molecule has 1 saturated carbocycles. The van der Waals surface area contributed by atoms with Crippen molar-refractivity contribution < 1.29 is 4.52 Å². The first-order valence-corrected chi connectivity index (χ1v) is 6.65. The van der Waals surface area contributed by atoms with Crippen molar-refractivity contribution in [3.8, 4) is 0 Å². The third-order valence-electron chi connectivity index (χ3n) is 4.11. The summed E-state index contributed by atoms with van der Waals surface area (Å²) < 4.78 is 4.74. The number of nitrogens with one attached hydrogen (secondary N) is 2. The molecule has 1 aliphatic carbocycles. The van der Waals surface area contributed by atoms with Crippen LogP contribution in [-0.2, 0) is 6.54 Å². The largest absolute Gasteiger partial charge is 0.343 e. The lowest BCUT2D eigenvalue weighted by atomic mass is 9.93. The molecule has 2 fully saturated rings. The zero-order chi connectivity index (χ0) is 11.5. The predicted octanol–water partition coefficient (Wildman–Crippen LogP) is 1.08. The first-order chi connectivity index (χ1) is 8.43. The van der Waals surface area contributed by atoms with Gasteiger partial charge in [0.2, 0.25) is 6.39 Å². The monoisotopic (exact) mass is 236 g/mol. The number of hydrogen-bond donors (Lipinski definition) is 2. The van der Waals surface area contributed by atoms with Crippen LogP contribution < -0.4 is 10.6 Å². The van der Waals surface area contributed by atoms with Gasteiger partial charge in [0, 0.05) is 12.1 Å². The summed E-state index contributed by atoms with van der Waals surface area (Å²) in [7, 11) is 0. The van der Waals surface area contributed by atoms with E-state index in [4.69, 9.17) is 4.52 Å². The summed E-state index contributed by atoms with van der Waals surface area (Å²) in [5, 5.41) is 11.1. The van der Waals surface area contributed by atoms with E-state index >= 15 is 0 Å². The second-order valence-electron chi connectivity index (χ2n) is 5.13. The van der Waals surface area contributed by atoms with E-state index in [1.807, 2.05) is 0 Å². The minimum Gasteiger partial charge on any atom is -0.343 e. The Morgan fingerprint density at radius 2 is 2.35 bits per heavy atom. The molecule has 0 spiro atoms. The molecule has 2 N–H and O–H groups in total. The van der Waals surface area contributed by atoms with Crippen LogP contribution in [0.25, 0.3) is 0 Å². The second kappa shape index (κ2) is 5.14. The van der Waals surface area contributed by atoms with Crippen LogP contribution in [0.4, 0.5) is 0 Å². The lowest BCUT2D eigenvalue weighted by Crippen LogP contribution is -2.41. The zero-order valence-corrected chi connectivity index (χ0v) is 10.1. The molecule has 5 heteroatoms. The van der Waals surface area contributed by atoms with Crippen LogP contribution in [0.3, 0.4) is 0 Å². The number of aromatic nitrogens is 2. The molecule has 3 unspecified atom stereocenters. The number of hydrogen-bond acceptors (Lipinski definition) is 5. The predicted molar refractivity (Wildman–Crippen MR) is 63.3 cm³/mol. The van der Waals surface area contributed by atoms with Gasteiger partial charge < -0.3 is 15.2 Å². The molecule has 3 rings (SSSR count). The fourth-order valence-electron chi connectivity index (χ4n) is 3.29. The van der Waals surface area contributed by atoms with Gasteiger partial charge in [-0.1, -0.05) is 11.6 Å². The Labute approximate surface area is 101 Å². The van der Waals surface area contributed by atoms with Gasteiger partial charge in [-0.3, -0.25) is 0 Å². The summed E-state index contributed by atoms with van der Waals surface area (Å²) in [6.07, 6.45) is 8.03. The van der Waals surface area contributed by atoms with E-state index in [0.29, 0.717) is 6.04 Å². The van der Waals surface area contributed by atoms with Crippen LogP contribution >= 0.6 is 0 Å². The maximum Gasteiger partial charge on any atom is 0.213 e. The van der Waals surface area contributed by atoms with E-state index in [0.717, 1.165) is 24.3 Å². The van der Waals surface area contributed by atoms with Gasteiger partial charge in [-0.25, -0.2) is 0 Å². The standard InChI is InChI=1S/C12H20N4O/c1-3-9(10-5-2-6-13-10)11(4-1)14-7-12-15-8-17-16-12/h8-11,13-14H,1-7H2. The second-order valence-corrected chi connectivity index (χ2v) is 5.13. The highest BCUT2D eigenvalue weighted by molar-refractivity contribution is 4.94. The Hall–Kier alpha value is -0.940. The van der Waals surface area contributed by atoms with Crippen molar-refractivity contribution in [2.24, 2.45) is 5.92 Å². The molecule has 2 aliphatic rings. The van der Waals surface area contributed by atoms with Gasteiger partial charge in [0.25, 0.3) is 0 Å². The Morgan fingerprint density at radius 3 is 3.12 bits per heavy atom. The van der Waals surface area contributed by atoms with Crippen molar-refractivity contribution in [3.05, 3.63) is 12.2 Å². The highest BCUT2D eigenvalue weighted by Crippen LogP contribution is 2.31. The lowest BCUT2D eigenvalue weighted by molar-refractivity contribution is 0.316. The van der Waals surface area contributed by atoms with Crippen LogP contribution in [0.1, 0.15) is 37.9 Å². The maximum absolute atomic E-state index is 4.74. The van der Waals surface area contributed by atoms with Crippen LogP contribution in [0, 0.1) is 5.92 Å². The van der Waals surface area contributed by atoms with Gasteiger partial charge in [-0.05, 0) is 38.1 Å². The van der Waals surface area contributed by atoms with E-state index < -0.39 is 0 Å². The molecule has 2 heterocycles. The molecule has 0 radical (unpaired) electrons. The molecule has 1 aromatic rings. The van der Waals surface area contributed by atoms with E-state index in [9.17, 15) is 0 Å². The summed E-state index contributed by atoms with van der Waals surface area (Å²) in [5.74, 6) is 1.54. The van der Waals surface area contributed by atoms with E-state index in [1.165, 1.54) is 45.0 Å². The Morgan fingerprint density at radius 1 is 1.35 bits per heavy atom. The Balaban J connectivity index is 1.54. The minimum atomic E-state index is 0.615. The third-order valence-corrected chi connectivity index (χ3v) is 4.11. The van der Waals surface area contributed by atoms with Crippen molar-refractivity contribution >= 4 is 0 Å². The Bertz CT molecular complexity index is 334. The summed E-state index contributed by atoms with van der Waals surface area (Å²) in [5.41, 5.74) is 0.